The fourth-order valence-corrected chi connectivity index (χ4v) is 3.54. The van der Waals surface area contributed by atoms with E-state index in [1.807, 2.05) is 0 Å². The first kappa shape index (κ1) is 23.0. The highest BCUT2D eigenvalue weighted by molar-refractivity contribution is 9.10. The Morgan fingerprint density at radius 1 is 1.22 bits per heavy atom. The third kappa shape index (κ3) is 4.50. The molecule has 9 nitrogen and oxygen atoms in total. The van der Waals surface area contributed by atoms with Gasteiger partial charge in [-0.15, -0.1) is 0 Å². The number of nitrogens with one attached hydrogen (secondary N) is 1. The van der Waals surface area contributed by atoms with E-state index in [4.69, 9.17) is 9.47 Å². The van der Waals surface area contributed by atoms with Gasteiger partial charge in [0.15, 0.2) is 17.6 Å². The molecule has 2 aromatic carbocycles. The highest BCUT2D eigenvalue weighted by atomic mass is 79.9. The van der Waals surface area contributed by atoms with Gasteiger partial charge in [0.05, 0.1) is 12.8 Å². The SMILES string of the molecule is COc1cccc(/C=C2\C(=O)NC(=O)N(c3ccc(Br)cc3C)C2=O)c1O[C@@H](C)C(=O)O. The molecule has 4 amide bonds. The minimum absolute atomic E-state index is 0.0428. The lowest BCUT2D eigenvalue weighted by Crippen LogP contribution is -2.54. The second kappa shape index (κ2) is 9.23. The molecule has 1 saturated heterocycles. The number of barbiturate groups is 1. The molecule has 32 heavy (non-hydrogen) atoms. The summed E-state index contributed by atoms with van der Waals surface area (Å²) in [4.78, 5) is 50.3. The fourth-order valence-electron chi connectivity index (χ4n) is 3.06. The van der Waals surface area contributed by atoms with Crippen LogP contribution < -0.4 is 19.7 Å². The molecule has 3 rings (SSSR count). The lowest BCUT2D eigenvalue weighted by atomic mass is 10.0. The first-order valence-electron chi connectivity index (χ1n) is 9.38. The number of carbonyl (C=O) groups excluding carboxylic acids is 3. The maximum absolute atomic E-state index is 13.2. The Bertz CT molecular complexity index is 1160. The van der Waals surface area contributed by atoms with Crippen LogP contribution in [0, 0.1) is 6.92 Å². The number of benzene rings is 2. The smallest absolute Gasteiger partial charge is 0.344 e. The molecule has 1 atom stereocenters. The molecular formula is C22H19BrN2O7. The summed E-state index contributed by atoms with van der Waals surface area (Å²) in [5.41, 5.74) is 0.860. The summed E-state index contributed by atoms with van der Waals surface area (Å²) < 4.78 is 11.5. The Kier molecular flexibility index (Phi) is 6.64. The quantitative estimate of drug-likeness (QED) is 0.458. The van der Waals surface area contributed by atoms with Crippen LogP contribution in [0.1, 0.15) is 18.1 Å². The number of anilines is 1. The van der Waals surface area contributed by atoms with Crippen molar-refractivity contribution in [3.8, 4) is 11.5 Å². The number of carboxylic acid groups (broad SMARTS) is 1. The average Bonchev–Trinajstić information content (AvgIpc) is 2.73. The average molecular weight is 503 g/mol. The van der Waals surface area contributed by atoms with Crippen molar-refractivity contribution in [3.63, 3.8) is 0 Å². The van der Waals surface area contributed by atoms with Crippen LogP contribution in [0.2, 0.25) is 0 Å². The van der Waals surface area contributed by atoms with E-state index in [1.165, 1.54) is 26.2 Å². The predicted molar refractivity (Wildman–Crippen MR) is 119 cm³/mol. The topological polar surface area (TPSA) is 122 Å². The predicted octanol–water partition coefficient (Wildman–Crippen LogP) is 3.28. The summed E-state index contributed by atoms with van der Waals surface area (Å²) in [5.74, 6) is -2.66. The van der Waals surface area contributed by atoms with Crippen LogP contribution in [0.3, 0.4) is 0 Å². The lowest BCUT2D eigenvalue weighted by molar-refractivity contribution is -0.144. The Morgan fingerprint density at radius 3 is 2.56 bits per heavy atom. The minimum Gasteiger partial charge on any atom is -0.493 e. The number of para-hydroxylation sites is 1. The summed E-state index contributed by atoms with van der Waals surface area (Å²) in [6, 6.07) is 8.79. The molecule has 2 N–H and O–H groups in total. The summed E-state index contributed by atoms with van der Waals surface area (Å²) in [7, 11) is 1.37. The molecule has 2 aromatic rings. The van der Waals surface area contributed by atoms with Crippen LogP contribution in [0.4, 0.5) is 10.5 Å². The van der Waals surface area contributed by atoms with Gasteiger partial charge in [0.1, 0.15) is 5.57 Å². The van der Waals surface area contributed by atoms with Crippen LogP contribution in [0.15, 0.2) is 46.4 Å². The van der Waals surface area contributed by atoms with Crippen molar-refractivity contribution in [2.24, 2.45) is 0 Å². The van der Waals surface area contributed by atoms with Crippen LogP contribution in [0.5, 0.6) is 11.5 Å². The zero-order chi connectivity index (χ0) is 23.6. The Morgan fingerprint density at radius 2 is 1.94 bits per heavy atom. The lowest BCUT2D eigenvalue weighted by Gasteiger charge is -2.27. The number of methoxy groups -OCH3 is 1. The first-order chi connectivity index (χ1) is 15.1. The summed E-state index contributed by atoms with van der Waals surface area (Å²) >= 11 is 3.33. The van der Waals surface area contributed by atoms with E-state index in [-0.39, 0.29) is 22.6 Å². The van der Waals surface area contributed by atoms with Gasteiger partial charge >= 0.3 is 12.0 Å². The first-order valence-corrected chi connectivity index (χ1v) is 10.2. The molecule has 0 spiro atoms. The van der Waals surface area contributed by atoms with Crippen molar-refractivity contribution >= 4 is 51.5 Å². The Balaban J connectivity index is 2.09. The number of nitrogens with zero attached hydrogens (tertiary/aromatic N) is 1. The fraction of sp³-hybridized carbons (Fsp3) is 0.182. The van der Waals surface area contributed by atoms with Gasteiger partial charge in [0.2, 0.25) is 0 Å². The van der Waals surface area contributed by atoms with Crippen LogP contribution in [-0.2, 0) is 14.4 Å². The maximum Gasteiger partial charge on any atom is 0.344 e. The number of carbonyl (C=O) groups is 4. The molecule has 0 radical (unpaired) electrons. The van der Waals surface area contributed by atoms with E-state index in [1.54, 1.807) is 37.3 Å². The molecule has 0 saturated carbocycles. The Labute approximate surface area is 191 Å². The summed E-state index contributed by atoms with van der Waals surface area (Å²) in [6.07, 6.45) is 0.0142. The molecule has 1 aliphatic heterocycles. The number of ether oxygens (including phenoxy) is 2. The molecule has 0 aliphatic carbocycles. The molecule has 1 aliphatic rings. The van der Waals surface area contributed by atoms with Crippen LogP contribution in [-0.4, -0.2) is 42.1 Å². The zero-order valence-corrected chi connectivity index (χ0v) is 18.9. The molecule has 1 fully saturated rings. The van der Waals surface area contributed by atoms with Crippen molar-refractivity contribution in [2.75, 3.05) is 12.0 Å². The number of hydrogen-bond acceptors (Lipinski definition) is 6. The third-order valence-corrected chi connectivity index (χ3v) is 5.17. The zero-order valence-electron chi connectivity index (χ0n) is 17.3. The van der Waals surface area contributed by atoms with Gasteiger partial charge in [-0.05, 0) is 49.8 Å². The highest BCUT2D eigenvalue weighted by Crippen LogP contribution is 2.34. The van der Waals surface area contributed by atoms with E-state index in [9.17, 15) is 24.3 Å². The molecule has 166 valence electrons. The monoisotopic (exact) mass is 502 g/mol. The van der Waals surface area contributed by atoms with Crippen molar-refractivity contribution in [2.45, 2.75) is 20.0 Å². The second-order valence-corrected chi connectivity index (χ2v) is 7.78. The van der Waals surface area contributed by atoms with Gasteiger partial charge < -0.3 is 14.6 Å². The van der Waals surface area contributed by atoms with E-state index < -0.39 is 29.9 Å². The van der Waals surface area contributed by atoms with E-state index in [0.29, 0.717) is 11.3 Å². The van der Waals surface area contributed by atoms with Gasteiger partial charge in [-0.3, -0.25) is 14.9 Å². The number of aliphatic carboxylic acids is 1. The normalized spacial score (nSPS) is 16.1. The van der Waals surface area contributed by atoms with Crippen molar-refractivity contribution in [1.82, 2.24) is 5.32 Å². The van der Waals surface area contributed by atoms with Gasteiger partial charge in [-0.25, -0.2) is 14.5 Å². The van der Waals surface area contributed by atoms with Gasteiger partial charge in [-0.2, -0.15) is 0 Å². The largest absolute Gasteiger partial charge is 0.493 e. The summed E-state index contributed by atoms with van der Waals surface area (Å²) in [6.45, 7) is 3.06. The molecule has 1 heterocycles. The van der Waals surface area contributed by atoms with Crippen molar-refractivity contribution in [1.29, 1.82) is 0 Å². The number of hydrogen-bond donors (Lipinski definition) is 2. The van der Waals surface area contributed by atoms with Gasteiger partial charge in [-0.1, -0.05) is 28.1 Å². The van der Waals surface area contributed by atoms with Crippen LogP contribution in [0.25, 0.3) is 6.08 Å². The van der Waals surface area contributed by atoms with Gasteiger partial charge in [0.25, 0.3) is 11.8 Å². The molecule has 0 aromatic heterocycles. The van der Waals surface area contributed by atoms with Crippen LogP contribution >= 0.6 is 15.9 Å². The number of amides is 4. The molecule has 0 unspecified atom stereocenters. The Hall–Kier alpha value is -3.66. The number of rotatable bonds is 6. The molecule has 10 heteroatoms. The third-order valence-electron chi connectivity index (χ3n) is 4.67. The number of halogens is 1. The van der Waals surface area contributed by atoms with E-state index >= 15 is 0 Å². The van der Waals surface area contributed by atoms with E-state index in [2.05, 4.69) is 21.2 Å². The number of aryl methyl sites for hydroxylation is 1. The second-order valence-electron chi connectivity index (χ2n) is 6.87. The molecular weight excluding hydrogens is 484 g/mol. The maximum atomic E-state index is 13.2. The standard InChI is InChI=1S/C22H19BrN2O7/c1-11-9-14(23)7-8-16(11)25-20(27)15(19(26)24-22(25)30)10-13-5-4-6-17(31-3)18(13)32-12(2)21(28)29/h4-10,12H,1-3H3,(H,28,29)(H,24,26,30)/b15-10+/t12-/m0/s1. The number of imide groups is 2. The highest BCUT2D eigenvalue weighted by Gasteiger charge is 2.37. The number of urea groups is 1. The molecule has 0 bridgehead atoms. The number of carboxylic acids is 1. The minimum atomic E-state index is -1.22. The van der Waals surface area contributed by atoms with E-state index in [0.717, 1.165) is 9.37 Å². The van der Waals surface area contributed by atoms with Crippen molar-refractivity contribution < 1.29 is 33.8 Å². The van der Waals surface area contributed by atoms with Gasteiger partial charge in [0, 0.05) is 10.0 Å². The summed E-state index contributed by atoms with van der Waals surface area (Å²) in [5, 5.41) is 11.4. The van der Waals surface area contributed by atoms with Crippen molar-refractivity contribution in [3.05, 3.63) is 57.6 Å².